The maximum absolute atomic E-state index is 12.2. The van der Waals surface area contributed by atoms with Crippen molar-refractivity contribution < 1.29 is 9.47 Å². The molecule has 1 aromatic carbocycles. The molecule has 0 saturated heterocycles. The minimum absolute atomic E-state index is 0.207. The number of nitrogens with zero attached hydrogens (tertiary/aromatic N) is 2. The zero-order chi connectivity index (χ0) is 16.1. The topological polar surface area (TPSA) is 79.5 Å². The van der Waals surface area contributed by atoms with E-state index in [1.807, 2.05) is 14.1 Å². The molecule has 2 rings (SSSR count). The van der Waals surface area contributed by atoms with Crippen molar-refractivity contribution in [3.05, 3.63) is 22.5 Å². The number of nitrogens with one attached hydrogen (secondary N) is 2. The van der Waals surface area contributed by atoms with Crippen molar-refractivity contribution in [3.63, 3.8) is 0 Å². The Bertz CT molecular complexity index is 697. The number of anilines is 1. The van der Waals surface area contributed by atoms with Gasteiger partial charge in [0.1, 0.15) is 0 Å². The molecule has 0 unspecified atom stereocenters. The third-order valence-electron chi connectivity index (χ3n) is 3.29. The molecule has 0 aliphatic heterocycles. The number of methoxy groups -OCH3 is 2. The zero-order valence-corrected chi connectivity index (χ0v) is 13.4. The monoisotopic (exact) mass is 306 g/mol. The van der Waals surface area contributed by atoms with Crippen LogP contribution in [0.15, 0.2) is 16.9 Å². The Morgan fingerprint density at radius 1 is 1.23 bits per heavy atom. The number of hydrogen-bond donors (Lipinski definition) is 2. The lowest BCUT2D eigenvalue weighted by atomic mass is 10.2. The van der Waals surface area contributed by atoms with E-state index < -0.39 is 0 Å². The fourth-order valence-corrected chi connectivity index (χ4v) is 2.15. The van der Waals surface area contributed by atoms with Gasteiger partial charge in [-0.05, 0) is 33.1 Å². The quantitative estimate of drug-likeness (QED) is 0.751. The first-order valence-corrected chi connectivity index (χ1v) is 7.09. The number of aromatic nitrogens is 2. The highest BCUT2D eigenvalue weighted by Crippen LogP contribution is 2.30. The molecular weight excluding hydrogens is 284 g/mol. The van der Waals surface area contributed by atoms with Gasteiger partial charge in [0.25, 0.3) is 5.56 Å². The summed E-state index contributed by atoms with van der Waals surface area (Å²) in [5, 5.41) is 3.60. The summed E-state index contributed by atoms with van der Waals surface area (Å²) in [5.74, 6) is 1.52. The highest BCUT2D eigenvalue weighted by Gasteiger charge is 2.10. The van der Waals surface area contributed by atoms with Crippen molar-refractivity contribution in [2.24, 2.45) is 0 Å². The van der Waals surface area contributed by atoms with Gasteiger partial charge in [0, 0.05) is 12.6 Å². The number of rotatable bonds is 7. The van der Waals surface area contributed by atoms with Crippen molar-refractivity contribution in [3.8, 4) is 11.5 Å². The maximum Gasteiger partial charge on any atom is 0.260 e. The molecule has 1 heterocycles. The Balaban J connectivity index is 2.26. The van der Waals surface area contributed by atoms with Crippen LogP contribution in [0.25, 0.3) is 10.9 Å². The normalized spacial score (nSPS) is 11.0. The van der Waals surface area contributed by atoms with Crippen LogP contribution in [-0.4, -0.2) is 56.3 Å². The van der Waals surface area contributed by atoms with Crippen molar-refractivity contribution in [1.29, 1.82) is 0 Å². The lowest BCUT2D eigenvalue weighted by Crippen LogP contribution is -2.18. The van der Waals surface area contributed by atoms with E-state index in [9.17, 15) is 4.79 Å². The second-order valence-electron chi connectivity index (χ2n) is 5.22. The number of benzene rings is 1. The number of aromatic amines is 1. The van der Waals surface area contributed by atoms with Crippen LogP contribution in [0.4, 0.5) is 5.95 Å². The van der Waals surface area contributed by atoms with Crippen LogP contribution in [0.5, 0.6) is 11.5 Å². The fourth-order valence-electron chi connectivity index (χ4n) is 2.15. The summed E-state index contributed by atoms with van der Waals surface area (Å²) in [6.07, 6.45) is 0.959. The first-order valence-electron chi connectivity index (χ1n) is 7.09. The Labute approximate surface area is 129 Å². The Kier molecular flexibility index (Phi) is 5.21. The van der Waals surface area contributed by atoms with Crippen LogP contribution < -0.4 is 20.3 Å². The molecule has 0 bridgehead atoms. The van der Waals surface area contributed by atoms with E-state index >= 15 is 0 Å². The molecule has 0 radical (unpaired) electrons. The molecule has 0 spiro atoms. The molecular formula is C15H22N4O3. The van der Waals surface area contributed by atoms with Crippen molar-refractivity contribution >= 4 is 16.9 Å². The van der Waals surface area contributed by atoms with Crippen LogP contribution in [-0.2, 0) is 0 Å². The van der Waals surface area contributed by atoms with Gasteiger partial charge in [-0.25, -0.2) is 4.98 Å². The molecule has 7 nitrogen and oxygen atoms in total. The van der Waals surface area contributed by atoms with E-state index in [1.165, 1.54) is 7.11 Å². The summed E-state index contributed by atoms with van der Waals surface area (Å²) in [7, 11) is 7.13. The largest absolute Gasteiger partial charge is 0.493 e. The van der Waals surface area contributed by atoms with Gasteiger partial charge in [0.05, 0.1) is 25.1 Å². The summed E-state index contributed by atoms with van der Waals surface area (Å²) in [4.78, 5) is 21.4. The standard InChI is InChI=1S/C15H22N4O3/c1-19(2)7-5-6-16-15-17-11-9-13(22-4)12(21-3)8-10(11)14(20)18-15/h8-9H,5-7H2,1-4H3,(H2,16,17,18,20). The van der Waals surface area contributed by atoms with E-state index in [4.69, 9.17) is 9.47 Å². The summed E-state index contributed by atoms with van der Waals surface area (Å²) in [6.45, 7) is 1.70. The smallest absolute Gasteiger partial charge is 0.260 e. The molecule has 0 fully saturated rings. The molecule has 2 N–H and O–H groups in total. The van der Waals surface area contributed by atoms with Crippen LogP contribution in [0.3, 0.4) is 0 Å². The van der Waals surface area contributed by atoms with Gasteiger partial charge in [-0.3, -0.25) is 9.78 Å². The number of ether oxygens (including phenoxy) is 2. The first-order chi connectivity index (χ1) is 10.5. The summed E-state index contributed by atoms with van der Waals surface area (Å²) in [5.41, 5.74) is 0.359. The highest BCUT2D eigenvalue weighted by atomic mass is 16.5. The Morgan fingerprint density at radius 2 is 1.91 bits per heavy atom. The second-order valence-corrected chi connectivity index (χ2v) is 5.22. The average Bonchev–Trinajstić information content (AvgIpc) is 2.50. The second kappa shape index (κ2) is 7.13. The molecule has 1 aromatic heterocycles. The van der Waals surface area contributed by atoms with Gasteiger partial charge < -0.3 is 19.7 Å². The Morgan fingerprint density at radius 3 is 2.55 bits per heavy atom. The SMILES string of the molecule is COc1cc2nc(NCCCN(C)C)[nH]c(=O)c2cc1OC. The number of H-pyrrole nitrogens is 1. The molecule has 22 heavy (non-hydrogen) atoms. The minimum atomic E-state index is -0.207. The van der Waals surface area contributed by atoms with Gasteiger partial charge in [-0.15, -0.1) is 0 Å². The summed E-state index contributed by atoms with van der Waals surface area (Å²) >= 11 is 0. The van der Waals surface area contributed by atoms with E-state index in [0.717, 1.165) is 19.5 Å². The van der Waals surface area contributed by atoms with Gasteiger partial charge in [-0.2, -0.15) is 0 Å². The van der Waals surface area contributed by atoms with Gasteiger partial charge in [0.2, 0.25) is 5.95 Å². The van der Waals surface area contributed by atoms with E-state index in [1.54, 1.807) is 19.2 Å². The molecule has 120 valence electrons. The number of hydrogen-bond acceptors (Lipinski definition) is 6. The molecule has 2 aromatic rings. The van der Waals surface area contributed by atoms with Gasteiger partial charge >= 0.3 is 0 Å². The molecule has 0 aliphatic rings. The van der Waals surface area contributed by atoms with E-state index in [0.29, 0.717) is 28.4 Å². The van der Waals surface area contributed by atoms with Crippen LogP contribution >= 0.6 is 0 Å². The highest BCUT2D eigenvalue weighted by molar-refractivity contribution is 5.82. The van der Waals surface area contributed by atoms with E-state index in [-0.39, 0.29) is 5.56 Å². The van der Waals surface area contributed by atoms with Crippen LogP contribution in [0.1, 0.15) is 6.42 Å². The lowest BCUT2D eigenvalue weighted by molar-refractivity contribution is 0.355. The predicted octanol–water partition coefficient (Wildman–Crippen LogP) is 1.30. The minimum Gasteiger partial charge on any atom is -0.493 e. The molecule has 7 heteroatoms. The third-order valence-corrected chi connectivity index (χ3v) is 3.29. The van der Waals surface area contributed by atoms with Crippen molar-refractivity contribution in [2.45, 2.75) is 6.42 Å². The first kappa shape index (κ1) is 16.1. The molecule has 0 atom stereocenters. The average molecular weight is 306 g/mol. The fraction of sp³-hybridized carbons (Fsp3) is 0.467. The summed E-state index contributed by atoms with van der Waals surface area (Å²) in [6, 6.07) is 3.34. The van der Waals surface area contributed by atoms with Crippen LogP contribution in [0.2, 0.25) is 0 Å². The predicted molar refractivity (Wildman–Crippen MR) is 87.1 cm³/mol. The Hall–Kier alpha value is -2.28. The van der Waals surface area contributed by atoms with Gasteiger partial charge in [0.15, 0.2) is 11.5 Å². The van der Waals surface area contributed by atoms with Crippen molar-refractivity contribution in [2.75, 3.05) is 46.7 Å². The van der Waals surface area contributed by atoms with Crippen LogP contribution in [0, 0.1) is 0 Å². The molecule has 0 aliphatic carbocycles. The zero-order valence-electron chi connectivity index (χ0n) is 13.4. The van der Waals surface area contributed by atoms with Gasteiger partial charge in [-0.1, -0.05) is 0 Å². The molecule has 0 saturated carbocycles. The maximum atomic E-state index is 12.2. The summed E-state index contributed by atoms with van der Waals surface area (Å²) < 4.78 is 10.5. The molecule has 0 amide bonds. The third kappa shape index (κ3) is 3.67. The van der Waals surface area contributed by atoms with Crippen molar-refractivity contribution in [1.82, 2.24) is 14.9 Å². The number of fused-ring (bicyclic) bond motifs is 1. The lowest BCUT2D eigenvalue weighted by Gasteiger charge is -2.11. The van der Waals surface area contributed by atoms with E-state index in [2.05, 4.69) is 20.2 Å².